The highest BCUT2D eigenvalue weighted by Gasteiger charge is 2.24. The third kappa shape index (κ3) is 3.23. The quantitative estimate of drug-likeness (QED) is 0.860. The number of benzene rings is 1. The van der Waals surface area contributed by atoms with Gasteiger partial charge in [0.2, 0.25) is 5.91 Å². The highest BCUT2D eigenvalue weighted by molar-refractivity contribution is 5.94. The minimum absolute atomic E-state index is 0.0479. The van der Waals surface area contributed by atoms with Crippen LogP contribution in [0.1, 0.15) is 19.8 Å². The molecule has 0 aromatic heterocycles. The number of nitrogens with one attached hydrogen (secondary N) is 2. The molecule has 1 aromatic carbocycles. The smallest absolute Gasteiger partial charge is 0.241 e. The van der Waals surface area contributed by atoms with Gasteiger partial charge in [0, 0.05) is 5.69 Å². The maximum absolute atomic E-state index is 12.1. The third-order valence-electron chi connectivity index (χ3n) is 3.34. The number of methoxy groups -OCH3 is 1. The van der Waals surface area contributed by atoms with Crippen molar-refractivity contribution in [2.75, 3.05) is 19.0 Å². The summed E-state index contributed by atoms with van der Waals surface area (Å²) in [5, 5.41) is 6.18. The largest absolute Gasteiger partial charge is 0.497 e. The second kappa shape index (κ2) is 5.87. The minimum Gasteiger partial charge on any atom is -0.497 e. The van der Waals surface area contributed by atoms with Crippen LogP contribution in [-0.2, 0) is 4.79 Å². The summed E-state index contributed by atoms with van der Waals surface area (Å²) in [5.41, 5.74) is 0.806. The first kappa shape index (κ1) is 12.9. The Morgan fingerprint density at radius 2 is 2.11 bits per heavy atom. The highest BCUT2D eigenvalue weighted by Crippen LogP contribution is 2.18. The van der Waals surface area contributed by atoms with E-state index in [1.165, 1.54) is 0 Å². The Kier molecular flexibility index (Phi) is 4.20. The van der Waals surface area contributed by atoms with E-state index in [1.807, 2.05) is 24.3 Å². The predicted octanol–water partition coefficient (Wildman–Crippen LogP) is 2.02. The molecular weight excluding hydrogens is 228 g/mol. The number of ether oxygens (including phenoxy) is 1. The Morgan fingerprint density at radius 3 is 2.72 bits per heavy atom. The van der Waals surface area contributed by atoms with E-state index in [0.717, 1.165) is 30.8 Å². The summed E-state index contributed by atoms with van der Waals surface area (Å²) in [5.74, 6) is 1.45. The number of rotatable bonds is 3. The van der Waals surface area contributed by atoms with Gasteiger partial charge in [-0.3, -0.25) is 4.79 Å². The van der Waals surface area contributed by atoms with Gasteiger partial charge in [-0.1, -0.05) is 6.92 Å². The second-order valence-corrected chi connectivity index (χ2v) is 4.85. The average Bonchev–Trinajstić information content (AvgIpc) is 2.39. The van der Waals surface area contributed by atoms with Gasteiger partial charge in [-0.15, -0.1) is 0 Å². The van der Waals surface area contributed by atoms with E-state index in [9.17, 15) is 4.79 Å². The molecule has 2 rings (SSSR count). The molecule has 4 nitrogen and oxygen atoms in total. The van der Waals surface area contributed by atoms with E-state index in [0.29, 0.717) is 5.92 Å². The topological polar surface area (TPSA) is 50.4 Å². The number of carbonyl (C=O) groups excluding carboxylic acids is 1. The molecule has 1 aromatic rings. The number of anilines is 1. The molecule has 1 amide bonds. The van der Waals surface area contributed by atoms with Crippen molar-refractivity contribution >= 4 is 11.6 Å². The van der Waals surface area contributed by atoms with Crippen molar-refractivity contribution in [2.24, 2.45) is 5.92 Å². The summed E-state index contributed by atoms with van der Waals surface area (Å²) in [6.07, 6.45) is 2.05. The van der Waals surface area contributed by atoms with Crippen LogP contribution in [0, 0.1) is 5.92 Å². The maximum Gasteiger partial charge on any atom is 0.241 e. The summed E-state index contributed by atoms with van der Waals surface area (Å²) in [6.45, 7) is 3.11. The van der Waals surface area contributed by atoms with Crippen LogP contribution in [0.15, 0.2) is 24.3 Å². The van der Waals surface area contributed by atoms with Gasteiger partial charge in [-0.2, -0.15) is 0 Å². The summed E-state index contributed by atoms with van der Waals surface area (Å²) in [7, 11) is 1.63. The van der Waals surface area contributed by atoms with Crippen LogP contribution in [-0.4, -0.2) is 25.6 Å². The van der Waals surface area contributed by atoms with Gasteiger partial charge in [0.1, 0.15) is 5.75 Å². The number of piperidine rings is 1. The van der Waals surface area contributed by atoms with E-state index < -0.39 is 0 Å². The van der Waals surface area contributed by atoms with Gasteiger partial charge >= 0.3 is 0 Å². The molecule has 1 saturated heterocycles. The number of hydrogen-bond donors (Lipinski definition) is 2. The fourth-order valence-electron chi connectivity index (χ4n) is 2.21. The lowest BCUT2D eigenvalue weighted by Crippen LogP contribution is -2.45. The Morgan fingerprint density at radius 1 is 1.39 bits per heavy atom. The molecule has 18 heavy (non-hydrogen) atoms. The Balaban J connectivity index is 1.93. The van der Waals surface area contributed by atoms with E-state index in [-0.39, 0.29) is 11.9 Å². The Hall–Kier alpha value is -1.55. The molecule has 1 fully saturated rings. The first-order valence-electron chi connectivity index (χ1n) is 6.37. The number of hydrogen-bond acceptors (Lipinski definition) is 3. The van der Waals surface area contributed by atoms with Gasteiger partial charge in [0.25, 0.3) is 0 Å². The lowest BCUT2D eigenvalue weighted by Gasteiger charge is -2.27. The van der Waals surface area contributed by atoms with Crippen LogP contribution in [0.25, 0.3) is 0 Å². The van der Waals surface area contributed by atoms with Crippen molar-refractivity contribution in [3.05, 3.63) is 24.3 Å². The first-order valence-corrected chi connectivity index (χ1v) is 6.37. The van der Waals surface area contributed by atoms with Crippen LogP contribution in [0.4, 0.5) is 5.69 Å². The molecular formula is C14H20N2O2. The zero-order valence-corrected chi connectivity index (χ0v) is 10.9. The Bertz CT molecular complexity index is 403. The zero-order chi connectivity index (χ0) is 13.0. The molecule has 0 aliphatic carbocycles. The molecule has 4 heteroatoms. The van der Waals surface area contributed by atoms with Crippen LogP contribution >= 0.6 is 0 Å². The Labute approximate surface area is 108 Å². The maximum atomic E-state index is 12.1. The SMILES string of the molecule is COc1ccc(NC(=O)C2CC(C)CCN2)cc1. The highest BCUT2D eigenvalue weighted by atomic mass is 16.5. The van der Waals surface area contributed by atoms with Crippen molar-refractivity contribution < 1.29 is 9.53 Å². The predicted molar refractivity (Wildman–Crippen MR) is 71.8 cm³/mol. The lowest BCUT2D eigenvalue weighted by molar-refractivity contribution is -0.119. The first-order chi connectivity index (χ1) is 8.69. The van der Waals surface area contributed by atoms with E-state index in [1.54, 1.807) is 7.11 Å². The fourth-order valence-corrected chi connectivity index (χ4v) is 2.21. The summed E-state index contributed by atoms with van der Waals surface area (Å²) < 4.78 is 5.08. The summed E-state index contributed by atoms with van der Waals surface area (Å²) in [4.78, 5) is 12.1. The van der Waals surface area contributed by atoms with Crippen molar-refractivity contribution in [3.8, 4) is 5.75 Å². The van der Waals surface area contributed by atoms with E-state index in [4.69, 9.17) is 4.74 Å². The molecule has 1 aliphatic heterocycles. The van der Waals surface area contributed by atoms with Crippen molar-refractivity contribution in [1.29, 1.82) is 0 Å². The van der Waals surface area contributed by atoms with Gasteiger partial charge in [-0.25, -0.2) is 0 Å². The van der Waals surface area contributed by atoms with E-state index in [2.05, 4.69) is 17.6 Å². The second-order valence-electron chi connectivity index (χ2n) is 4.85. The van der Waals surface area contributed by atoms with Crippen LogP contribution < -0.4 is 15.4 Å². The van der Waals surface area contributed by atoms with Gasteiger partial charge < -0.3 is 15.4 Å². The minimum atomic E-state index is -0.0733. The van der Waals surface area contributed by atoms with Crippen molar-refractivity contribution in [2.45, 2.75) is 25.8 Å². The average molecular weight is 248 g/mol. The monoisotopic (exact) mass is 248 g/mol. The van der Waals surface area contributed by atoms with Crippen molar-refractivity contribution in [3.63, 3.8) is 0 Å². The van der Waals surface area contributed by atoms with Crippen molar-refractivity contribution in [1.82, 2.24) is 5.32 Å². The van der Waals surface area contributed by atoms with E-state index >= 15 is 0 Å². The molecule has 2 N–H and O–H groups in total. The summed E-state index contributed by atoms with van der Waals surface area (Å²) in [6, 6.07) is 7.31. The zero-order valence-electron chi connectivity index (χ0n) is 10.9. The van der Waals surface area contributed by atoms with Crippen LogP contribution in [0.2, 0.25) is 0 Å². The van der Waals surface area contributed by atoms with Crippen LogP contribution in [0.5, 0.6) is 5.75 Å². The molecule has 2 unspecified atom stereocenters. The van der Waals surface area contributed by atoms with Gasteiger partial charge in [0.15, 0.2) is 0 Å². The molecule has 0 saturated carbocycles. The molecule has 0 bridgehead atoms. The fraction of sp³-hybridized carbons (Fsp3) is 0.500. The number of amides is 1. The number of carbonyl (C=O) groups is 1. The van der Waals surface area contributed by atoms with Crippen LogP contribution in [0.3, 0.4) is 0 Å². The molecule has 0 spiro atoms. The summed E-state index contributed by atoms with van der Waals surface area (Å²) >= 11 is 0. The van der Waals surface area contributed by atoms with Gasteiger partial charge in [0.05, 0.1) is 13.2 Å². The molecule has 0 radical (unpaired) electrons. The lowest BCUT2D eigenvalue weighted by atomic mass is 9.94. The standard InChI is InChI=1S/C14H20N2O2/c1-10-7-8-15-13(9-10)14(17)16-11-3-5-12(18-2)6-4-11/h3-6,10,13,15H,7-9H2,1-2H3,(H,16,17). The molecule has 2 atom stereocenters. The normalized spacial score (nSPS) is 23.4. The molecule has 1 aliphatic rings. The third-order valence-corrected chi connectivity index (χ3v) is 3.34. The molecule has 98 valence electrons. The van der Waals surface area contributed by atoms with Gasteiger partial charge in [-0.05, 0) is 49.6 Å². The molecule has 1 heterocycles.